The molecule has 18 heavy (non-hydrogen) atoms. The monoisotopic (exact) mass is 278 g/mol. The van der Waals surface area contributed by atoms with Crippen LogP contribution < -0.4 is 0 Å². The summed E-state index contributed by atoms with van der Waals surface area (Å²) >= 11 is 7.82. The van der Waals surface area contributed by atoms with Gasteiger partial charge < -0.3 is 5.11 Å². The van der Waals surface area contributed by atoms with Crippen molar-refractivity contribution in [3.8, 4) is 0 Å². The molecule has 0 fully saturated rings. The van der Waals surface area contributed by atoms with E-state index >= 15 is 0 Å². The highest BCUT2D eigenvalue weighted by Crippen LogP contribution is 2.28. The van der Waals surface area contributed by atoms with E-state index in [0.29, 0.717) is 5.02 Å². The lowest BCUT2D eigenvalue weighted by Crippen LogP contribution is -1.87. The van der Waals surface area contributed by atoms with E-state index in [1.165, 1.54) is 11.1 Å². The van der Waals surface area contributed by atoms with Crippen molar-refractivity contribution in [1.82, 2.24) is 0 Å². The lowest BCUT2D eigenvalue weighted by Gasteiger charge is -2.07. The van der Waals surface area contributed by atoms with Gasteiger partial charge in [-0.05, 0) is 35.7 Å². The van der Waals surface area contributed by atoms with Gasteiger partial charge in [0.1, 0.15) is 0 Å². The van der Waals surface area contributed by atoms with Crippen LogP contribution in [0.5, 0.6) is 0 Å². The molecular weight excluding hydrogens is 264 g/mol. The number of hydrogen-bond donors (Lipinski definition) is 1. The molecule has 0 spiro atoms. The first-order valence-corrected chi connectivity index (χ1v) is 7.13. The zero-order chi connectivity index (χ0) is 13.0. The highest BCUT2D eigenvalue weighted by Gasteiger charge is 2.03. The van der Waals surface area contributed by atoms with Crippen LogP contribution in [0, 0.1) is 6.92 Å². The summed E-state index contributed by atoms with van der Waals surface area (Å²) in [5.74, 6) is 0.932. The van der Waals surface area contributed by atoms with Crippen LogP contribution in [0.25, 0.3) is 0 Å². The first-order chi connectivity index (χ1) is 8.70. The molecule has 0 aliphatic carbocycles. The quantitative estimate of drug-likeness (QED) is 0.835. The van der Waals surface area contributed by atoms with Crippen molar-refractivity contribution in [2.75, 3.05) is 0 Å². The first kappa shape index (κ1) is 13.5. The normalized spacial score (nSPS) is 10.6. The molecule has 0 bridgehead atoms. The van der Waals surface area contributed by atoms with Crippen LogP contribution in [-0.4, -0.2) is 5.11 Å². The average Bonchev–Trinajstić information content (AvgIpc) is 2.38. The summed E-state index contributed by atoms with van der Waals surface area (Å²) in [7, 11) is 0. The van der Waals surface area contributed by atoms with Gasteiger partial charge in [0.25, 0.3) is 0 Å². The van der Waals surface area contributed by atoms with Gasteiger partial charge in [-0.15, -0.1) is 11.8 Å². The number of rotatable bonds is 4. The van der Waals surface area contributed by atoms with Gasteiger partial charge in [-0.25, -0.2) is 0 Å². The van der Waals surface area contributed by atoms with Gasteiger partial charge in [-0.1, -0.05) is 41.9 Å². The van der Waals surface area contributed by atoms with Gasteiger partial charge in [0.15, 0.2) is 0 Å². The van der Waals surface area contributed by atoms with E-state index in [-0.39, 0.29) is 6.61 Å². The lowest BCUT2D eigenvalue weighted by molar-refractivity contribution is 0.282. The fraction of sp³-hybridized carbons (Fsp3) is 0.200. The molecule has 94 valence electrons. The third kappa shape index (κ3) is 3.29. The van der Waals surface area contributed by atoms with Crippen molar-refractivity contribution < 1.29 is 5.11 Å². The molecule has 2 rings (SSSR count). The number of hydrogen-bond acceptors (Lipinski definition) is 2. The maximum absolute atomic E-state index is 9.06. The number of aryl methyl sites for hydroxylation is 1. The number of benzene rings is 2. The molecular formula is C15H15ClOS. The minimum atomic E-state index is -0.0123. The molecule has 1 N–H and O–H groups in total. The molecule has 1 nitrogen and oxygen atoms in total. The van der Waals surface area contributed by atoms with Crippen LogP contribution >= 0.6 is 23.4 Å². The molecule has 0 saturated carbocycles. The second kappa shape index (κ2) is 6.28. The van der Waals surface area contributed by atoms with Crippen molar-refractivity contribution in [1.29, 1.82) is 0 Å². The molecule has 3 heteroatoms. The molecule has 0 unspecified atom stereocenters. The Labute approximate surface area is 117 Å². The van der Waals surface area contributed by atoms with E-state index < -0.39 is 0 Å². The molecule has 0 amide bonds. The van der Waals surface area contributed by atoms with E-state index in [9.17, 15) is 0 Å². The molecule has 0 aliphatic rings. The zero-order valence-electron chi connectivity index (χ0n) is 10.2. The van der Waals surface area contributed by atoms with E-state index in [0.717, 1.165) is 16.2 Å². The second-order valence-corrected chi connectivity index (χ2v) is 5.58. The maximum Gasteiger partial charge on any atom is 0.0696 e. The van der Waals surface area contributed by atoms with Gasteiger partial charge in [0.2, 0.25) is 0 Å². The summed E-state index contributed by atoms with van der Waals surface area (Å²) in [5, 5.41) is 9.69. The lowest BCUT2D eigenvalue weighted by atomic mass is 10.1. The van der Waals surface area contributed by atoms with E-state index in [2.05, 4.69) is 31.2 Å². The van der Waals surface area contributed by atoms with E-state index in [4.69, 9.17) is 16.7 Å². The highest BCUT2D eigenvalue weighted by atomic mass is 35.5. The Balaban J connectivity index is 2.07. The van der Waals surface area contributed by atoms with Crippen LogP contribution in [0.1, 0.15) is 16.7 Å². The van der Waals surface area contributed by atoms with Crippen molar-refractivity contribution in [2.24, 2.45) is 0 Å². The molecule has 0 atom stereocenters. The summed E-state index contributed by atoms with van der Waals surface area (Å²) in [5.41, 5.74) is 3.42. The summed E-state index contributed by atoms with van der Waals surface area (Å²) in [6, 6.07) is 14.2. The number of thioether (sulfide) groups is 1. The van der Waals surface area contributed by atoms with E-state index in [1.54, 1.807) is 11.8 Å². The van der Waals surface area contributed by atoms with Crippen molar-refractivity contribution in [3.63, 3.8) is 0 Å². The predicted molar refractivity (Wildman–Crippen MR) is 78.1 cm³/mol. The number of aliphatic hydroxyl groups excluding tert-OH is 1. The molecule has 0 heterocycles. The predicted octanol–water partition coefficient (Wildman–Crippen LogP) is 4.43. The molecule has 0 saturated heterocycles. The third-order valence-corrected chi connectivity index (χ3v) is 4.24. The van der Waals surface area contributed by atoms with Gasteiger partial charge in [-0.2, -0.15) is 0 Å². The van der Waals surface area contributed by atoms with Crippen molar-refractivity contribution in [2.45, 2.75) is 24.2 Å². The summed E-state index contributed by atoms with van der Waals surface area (Å²) in [6.07, 6.45) is 0. The van der Waals surface area contributed by atoms with Crippen molar-refractivity contribution in [3.05, 3.63) is 64.2 Å². The van der Waals surface area contributed by atoms with Crippen molar-refractivity contribution >= 4 is 23.4 Å². The average molecular weight is 279 g/mol. The molecule has 2 aromatic carbocycles. The highest BCUT2D eigenvalue weighted by molar-refractivity contribution is 7.98. The number of aliphatic hydroxyl groups is 1. The Kier molecular flexibility index (Phi) is 4.70. The van der Waals surface area contributed by atoms with Crippen LogP contribution in [0.3, 0.4) is 0 Å². The van der Waals surface area contributed by atoms with E-state index in [1.807, 2.05) is 18.2 Å². The van der Waals surface area contributed by atoms with Gasteiger partial charge >= 0.3 is 0 Å². The minimum absolute atomic E-state index is 0.0123. The fourth-order valence-corrected chi connectivity index (χ4v) is 3.00. The summed E-state index contributed by atoms with van der Waals surface area (Å²) in [4.78, 5) is 1.13. The van der Waals surface area contributed by atoms with Gasteiger partial charge in [0.05, 0.1) is 6.61 Å². The largest absolute Gasteiger partial charge is 0.392 e. The zero-order valence-corrected chi connectivity index (χ0v) is 11.8. The Hall–Kier alpha value is -0.960. The Morgan fingerprint density at radius 1 is 1.11 bits per heavy atom. The number of halogens is 1. The molecule has 2 aromatic rings. The first-order valence-electron chi connectivity index (χ1n) is 5.77. The van der Waals surface area contributed by atoms with Gasteiger partial charge in [0, 0.05) is 15.7 Å². The minimum Gasteiger partial charge on any atom is -0.392 e. The Morgan fingerprint density at radius 2 is 1.89 bits per heavy atom. The Bertz CT molecular complexity index is 540. The van der Waals surface area contributed by atoms with Crippen LogP contribution in [-0.2, 0) is 12.4 Å². The topological polar surface area (TPSA) is 20.2 Å². The maximum atomic E-state index is 9.06. The fourth-order valence-electron chi connectivity index (χ4n) is 1.68. The third-order valence-electron chi connectivity index (χ3n) is 2.85. The molecule has 0 radical (unpaired) electrons. The van der Waals surface area contributed by atoms with Gasteiger partial charge in [-0.3, -0.25) is 0 Å². The Morgan fingerprint density at radius 3 is 2.56 bits per heavy atom. The summed E-state index contributed by atoms with van der Waals surface area (Å²) < 4.78 is 0. The second-order valence-electron chi connectivity index (χ2n) is 4.13. The smallest absolute Gasteiger partial charge is 0.0696 e. The SMILES string of the molecule is Cc1ccccc1CSc1ccc(CO)c(Cl)c1. The van der Waals surface area contributed by atoms with Crippen LogP contribution in [0.2, 0.25) is 5.02 Å². The summed E-state index contributed by atoms with van der Waals surface area (Å²) in [6.45, 7) is 2.11. The standard InChI is InChI=1S/C15H15ClOS/c1-11-4-2-3-5-13(11)10-18-14-7-6-12(9-17)15(16)8-14/h2-8,17H,9-10H2,1H3. The van der Waals surface area contributed by atoms with Crippen LogP contribution in [0.4, 0.5) is 0 Å². The van der Waals surface area contributed by atoms with Crippen LogP contribution in [0.15, 0.2) is 47.4 Å². The molecule has 0 aliphatic heterocycles. The molecule has 0 aromatic heterocycles.